The van der Waals surface area contributed by atoms with Crippen LogP contribution in [0.15, 0.2) is 42.5 Å². The third-order valence-electron chi connectivity index (χ3n) is 5.53. The van der Waals surface area contributed by atoms with Gasteiger partial charge in [-0.25, -0.2) is 0 Å². The summed E-state index contributed by atoms with van der Waals surface area (Å²) in [6.07, 6.45) is -0.114. The molecule has 8 nitrogen and oxygen atoms in total. The molecule has 1 saturated heterocycles. The Balaban J connectivity index is 1.50. The number of hydrogen-bond acceptors (Lipinski definition) is 5. The third-order valence-corrected chi connectivity index (χ3v) is 5.76. The molecule has 0 bridgehead atoms. The summed E-state index contributed by atoms with van der Waals surface area (Å²) in [5, 5.41) is 4.22. The number of hydrazine groups is 1. The van der Waals surface area contributed by atoms with Crippen molar-refractivity contribution in [3.05, 3.63) is 64.2 Å². The van der Waals surface area contributed by atoms with Gasteiger partial charge in [-0.2, -0.15) is 0 Å². The minimum absolute atomic E-state index is 0.0293. The van der Waals surface area contributed by atoms with Gasteiger partial charge in [0.2, 0.25) is 5.91 Å². The van der Waals surface area contributed by atoms with Crippen LogP contribution in [0.5, 0.6) is 0 Å². The lowest BCUT2D eigenvalue weighted by Gasteiger charge is -2.20. The van der Waals surface area contributed by atoms with Crippen molar-refractivity contribution in [2.45, 2.75) is 39.5 Å². The van der Waals surface area contributed by atoms with Crippen LogP contribution in [-0.2, 0) is 24.5 Å². The van der Waals surface area contributed by atoms with Gasteiger partial charge >= 0.3 is 5.97 Å². The van der Waals surface area contributed by atoms with Gasteiger partial charge in [0.25, 0.3) is 11.8 Å². The highest BCUT2D eigenvalue weighted by atomic mass is 35.5. The molecule has 2 N–H and O–H groups in total. The van der Waals surface area contributed by atoms with Gasteiger partial charge in [0, 0.05) is 22.7 Å². The van der Waals surface area contributed by atoms with E-state index in [1.54, 1.807) is 30.3 Å². The molecule has 3 rings (SSSR count). The average Bonchev–Trinajstić information content (AvgIpc) is 3.14. The Kier molecular flexibility index (Phi) is 7.61. The molecule has 0 radical (unpaired) electrons. The first-order chi connectivity index (χ1) is 15.9. The van der Waals surface area contributed by atoms with E-state index in [-0.39, 0.29) is 18.4 Å². The lowest BCUT2D eigenvalue weighted by atomic mass is 9.87. The number of esters is 1. The van der Waals surface area contributed by atoms with Gasteiger partial charge < -0.3 is 10.1 Å². The van der Waals surface area contributed by atoms with Gasteiger partial charge in [-0.15, -0.1) is 0 Å². The molecule has 2 aromatic rings. The molecule has 0 aliphatic carbocycles. The molecule has 3 amide bonds. The Labute approximate surface area is 203 Å². The number of aryl methyl sites for hydroxylation is 1. The van der Waals surface area contributed by atoms with Gasteiger partial charge in [-0.3, -0.25) is 29.6 Å². The number of halogens is 1. The Bertz CT molecular complexity index is 1110. The SMILES string of the molecule is Cc1ccc(Cl)cc1NC(=O)COC(=O)[C@@H]1CC(=O)N(NC(=O)c2ccc(C(C)(C)C)cc2)C1. The van der Waals surface area contributed by atoms with Crippen molar-refractivity contribution in [3.63, 3.8) is 0 Å². The van der Waals surface area contributed by atoms with Crippen LogP contribution in [0.1, 0.15) is 48.7 Å². The Morgan fingerprint density at radius 1 is 1.12 bits per heavy atom. The largest absolute Gasteiger partial charge is 0.455 e. The second-order valence-corrected chi connectivity index (χ2v) is 9.73. The molecule has 1 fully saturated rings. The van der Waals surface area contributed by atoms with Gasteiger partial charge in [0.15, 0.2) is 6.61 Å². The summed E-state index contributed by atoms with van der Waals surface area (Å²) in [5.74, 6) is -2.83. The molecule has 0 saturated carbocycles. The van der Waals surface area contributed by atoms with Gasteiger partial charge in [0.1, 0.15) is 0 Å². The molecule has 34 heavy (non-hydrogen) atoms. The predicted octanol–water partition coefficient (Wildman–Crippen LogP) is 3.62. The number of carbonyl (C=O) groups excluding carboxylic acids is 4. The maximum atomic E-state index is 12.5. The highest BCUT2D eigenvalue weighted by Crippen LogP contribution is 2.23. The summed E-state index contributed by atoms with van der Waals surface area (Å²) >= 11 is 5.94. The number of anilines is 1. The molecule has 1 aliphatic heterocycles. The Morgan fingerprint density at radius 2 is 1.79 bits per heavy atom. The van der Waals surface area contributed by atoms with E-state index in [1.165, 1.54) is 0 Å². The number of hydrogen-bond donors (Lipinski definition) is 2. The van der Waals surface area contributed by atoms with Crippen molar-refractivity contribution in [2.24, 2.45) is 5.92 Å². The van der Waals surface area contributed by atoms with Crippen LogP contribution >= 0.6 is 11.6 Å². The van der Waals surface area contributed by atoms with Crippen molar-refractivity contribution in [2.75, 3.05) is 18.5 Å². The third kappa shape index (κ3) is 6.35. The average molecular weight is 486 g/mol. The monoisotopic (exact) mass is 485 g/mol. The van der Waals surface area contributed by atoms with Gasteiger partial charge in [0.05, 0.1) is 12.5 Å². The molecule has 1 atom stereocenters. The zero-order chi connectivity index (χ0) is 25.0. The molecule has 180 valence electrons. The second kappa shape index (κ2) is 10.3. The fourth-order valence-electron chi connectivity index (χ4n) is 3.45. The number of amides is 3. The van der Waals surface area contributed by atoms with Crippen LogP contribution in [0.25, 0.3) is 0 Å². The molecule has 0 unspecified atom stereocenters. The van der Waals surface area contributed by atoms with E-state index in [2.05, 4.69) is 31.5 Å². The van der Waals surface area contributed by atoms with Gasteiger partial charge in [-0.05, 0) is 47.7 Å². The lowest BCUT2D eigenvalue weighted by molar-refractivity contribution is -0.151. The second-order valence-electron chi connectivity index (χ2n) is 9.29. The molecule has 1 aliphatic rings. The van der Waals surface area contributed by atoms with Gasteiger partial charge in [-0.1, -0.05) is 50.6 Å². The molecular formula is C25H28ClN3O5. The molecule has 0 spiro atoms. The molecule has 1 heterocycles. The minimum atomic E-state index is -0.781. The first kappa shape index (κ1) is 25.2. The fraction of sp³-hybridized carbons (Fsp3) is 0.360. The quantitative estimate of drug-likeness (QED) is 0.608. The molecule has 9 heteroatoms. The minimum Gasteiger partial charge on any atom is -0.455 e. The zero-order valence-corrected chi connectivity index (χ0v) is 20.4. The van der Waals surface area contributed by atoms with Crippen LogP contribution in [0, 0.1) is 12.8 Å². The van der Waals surface area contributed by atoms with E-state index in [1.807, 2.05) is 19.1 Å². The predicted molar refractivity (Wildman–Crippen MR) is 128 cm³/mol. The summed E-state index contributed by atoms with van der Waals surface area (Å²) in [6, 6.07) is 12.2. The first-order valence-electron chi connectivity index (χ1n) is 10.9. The number of benzene rings is 2. The Morgan fingerprint density at radius 3 is 2.44 bits per heavy atom. The number of carbonyl (C=O) groups is 4. The van der Waals surface area contributed by atoms with Crippen LogP contribution in [0.2, 0.25) is 5.02 Å². The van der Waals surface area contributed by atoms with E-state index in [0.717, 1.165) is 16.1 Å². The van der Waals surface area contributed by atoms with Crippen molar-refractivity contribution in [1.29, 1.82) is 0 Å². The van der Waals surface area contributed by atoms with E-state index >= 15 is 0 Å². The van der Waals surface area contributed by atoms with Crippen LogP contribution in [-0.4, -0.2) is 41.9 Å². The summed E-state index contributed by atoms with van der Waals surface area (Å²) < 4.78 is 5.09. The smallest absolute Gasteiger partial charge is 0.311 e. The first-order valence-corrected chi connectivity index (χ1v) is 11.3. The van der Waals surface area contributed by atoms with Crippen molar-refractivity contribution in [1.82, 2.24) is 10.4 Å². The van der Waals surface area contributed by atoms with E-state index in [9.17, 15) is 19.2 Å². The highest BCUT2D eigenvalue weighted by molar-refractivity contribution is 6.31. The maximum absolute atomic E-state index is 12.5. The summed E-state index contributed by atoms with van der Waals surface area (Å²) in [4.78, 5) is 49.4. The summed E-state index contributed by atoms with van der Waals surface area (Å²) in [7, 11) is 0. The number of nitrogens with zero attached hydrogens (tertiary/aromatic N) is 1. The standard InChI is InChI=1S/C25H28ClN3O5/c1-15-5-10-19(26)12-20(15)27-21(30)14-34-24(33)17-11-22(31)29(13-17)28-23(32)16-6-8-18(9-7-16)25(2,3)4/h5-10,12,17H,11,13-14H2,1-4H3,(H,27,30)(H,28,32)/t17-/m1/s1. The highest BCUT2D eigenvalue weighted by Gasteiger charge is 2.36. The number of nitrogens with one attached hydrogen (secondary N) is 2. The summed E-state index contributed by atoms with van der Waals surface area (Å²) in [6.45, 7) is 7.51. The molecular weight excluding hydrogens is 458 g/mol. The molecule has 2 aromatic carbocycles. The van der Waals surface area contributed by atoms with Crippen LogP contribution in [0.3, 0.4) is 0 Å². The Hall–Kier alpha value is -3.39. The van der Waals surface area contributed by atoms with Crippen LogP contribution in [0.4, 0.5) is 5.69 Å². The van der Waals surface area contributed by atoms with Crippen molar-refractivity contribution < 1.29 is 23.9 Å². The maximum Gasteiger partial charge on any atom is 0.311 e. The van der Waals surface area contributed by atoms with E-state index in [0.29, 0.717) is 16.3 Å². The van der Waals surface area contributed by atoms with Crippen molar-refractivity contribution in [3.8, 4) is 0 Å². The van der Waals surface area contributed by atoms with Crippen LogP contribution < -0.4 is 10.7 Å². The van der Waals surface area contributed by atoms with E-state index < -0.39 is 36.2 Å². The topological polar surface area (TPSA) is 105 Å². The fourth-order valence-corrected chi connectivity index (χ4v) is 3.62. The number of ether oxygens (including phenoxy) is 1. The van der Waals surface area contributed by atoms with Crippen molar-refractivity contribution >= 4 is 41.0 Å². The lowest BCUT2D eigenvalue weighted by Crippen LogP contribution is -2.43. The number of rotatable bonds is 6. The molecule has 0 aromatic heterocycles. The zero-order valence-electron chi connectivity index (χ0n) is 19.6. The normalized spacial score (nSPS) is 15.7. The van der Waals surface area contributed by atoms with E-state index in [4.69, 9.17) is 16.3 Å². The summed E-state index contributed by atoms with van der Waals surface area (Å²) in [5.41, 5.74) is 5.32.